The molecule has 0 aromatic heterocycles. The highest BCUT2D eigenvalue weighted by molar-refractivity contribution is 5.85. The van der Waals surface area contributed by atoms with Crippen molar-refractivity contribution in [2.24, 2.45) is 5.73 Å². The van der Waals surface area contributed by atoms with E-state index in [0.717, 1.165) is 5.56 Å². The molecule has 0 aliphatic carbocycles. The molecule has 2 aromatic rings. The number of carbonyl (C=O) groups excluding carboxylic acids is 1. The highest BCUT2D eigenvalue weighted by atomic mass is 35.5. The van der Waals surface area contributed by atoms with Crippen LogP contribution in [0.15, 0.2) is 60.7 Å². The maximum absolute atomic E-state index is 12.2. The first-order chi connectivity index (χ1) is 10.5. The molecule has 3 nitrogen and oxygen atoms in total. The van der Waals surface area contributed by atoms with Gasteiger partial charge < -0.3 is 11.1 Å². The van der Waals surface area contributed by atoms with E-state index in [-0.39, 0.29) is 23.7 Å². The molecule has 0 bridgehead atoms. The van der Waals surface area contributed by atoms with Gasteiger partial charge in [-0.2, -0.15) is 0 Å². The van der Waals surface area contributed by atoms with Crippen LogP contribution < -0.4 is 11.1 Å². The minimum atomic E-state index is -0.519. The van der Waals surface area contributed by atoms with Crippen LogP contribution in [0.25, 0.3) is 0 Å². The third-order valence-corrected chi connectivity index (χ3v) is 3.90. The Morgan fingerprint density at radius 3 is 2.13 bits per heavy atom. The zero-order valence-electron chi connectivity index (χ0n) is 13.7. The predicted molar refractivity (Wildman–Crippen MR) is 97.8 cm³/mol. The molecular formula is C19H25ClN2O. The van der Waals surface area contributed by atoms with Gasteiger partial charge >= 0.3 is 0 Å². The van der Waals surface area contributed by atoms with E-state index in [2.05, 4.69) is 31.3 Å². The average Bonchev–Trinajstić information content (AvgIpc) is 2.54. The molecule has 0 fully saturated rings. The molecule has 0 spiro atoms. The molecule has 3 N–H and O–H groups in total. The summed E-state index contributed by atoms with van der Waals surface area (Å²) in [7, 11) is 0. The second kappa shape index (κ2) is 8.70. The lowest BCUT2D eigenvalue weighted by Crippen LogP contribution is -2.46. The van der Waals surface area contributed by atoms with Crippen LogP contribution in [0.2, 0.25) is 0 Å². The normalized spacial score (nSPS) is 12.1. The number of carbonyl (C=O) groups is 1. The minimum absolute atomic E-state index is 0. The summed E-state index contributed by atoms with van der Waals surface area (Å²) < 4.78 is 0. The highest BCUT2D eigenvalue weighted by Gasteiger charge is 2.22. The van der Waals surface area contributed by atoms with Crippen molar-refractivity contribution >= 4 is 18.3 Å². The Bertz CT molecular complexity index is 599. The molecule has 23 heavy (non-hydrogen) atoms. The van der Waals surface area contributed by atoms with Gasteiger partial charge in [0.05, 0.1) is 6.04 Å². The molecule has 1 amide bonds. The fourth-order valence-corrected chi connectivity index (χ4v) is 2.39. The van der Waals surface area contributed by atoms with Gasteiger partial charge in [-0.25, -0.2) is 0 Å². The Labute approximate surface area is 144 Å². The summed E-state index contributed by atoms with van der Waals surface area (Å²) in [5.74, 6) is -0.104. The summed E-state index contributed by atoms with van der Waals surface area (Å²) in [5.41, 5.74) is 8.16. The predicted octanol–water partition coefficient (Wildman–Crippen LogP) is 3.07. The van der Waals surface area contributed by atoms with Crippen molar-refractivity contribution in [2.45, 2.75) is 31.7 Å². The van der Waals surface area contributed by atoms with Crippen molar-refractivity contribution in [3.63, 3.8) is 0 Å². The first-order valence-electron chi connectivity index (χ1n) is 7.62. The Balaban J connectivity index is 0.00000264. The summed E-state index contributed by atoms with van der Waals surface area (Å²) in [6.07, 6.45) is 0.554. The van der Waals surface area contributed by atoms with Gasteiger partial charge in [0.25, 0.3) is 0 Å². The monoisotopic (exact) mass is 332 g/mol. The van der Waals surface area contributed by atoms with Crippen LogP contribution >= 0.6 is 12.4 Å². The van der Waals surface area contributed by atoms with Crippen LogP contribution in [0, 0.1) is 0 Å². The van der Waals surface area contributed by atoms with Gasteiger partial charge in [0, 0.05) is 12.0 Å². The van der Waals surface area contributed by atoms with Crippen molar-refractivity contribution in [2.75, 3.05) is 6.54 Å². The molecule has 0 saturated carbocycles. The highest BCUT2D eigenvalue weighted by Crippen LogP contribution is 2.21. The topological polar surface area (TPSA) is 55.1 Å². The zero-order valence-corrected chi connectivity index (χ0v) is 14.5. The van der Waals surface area contributed by atoms with Crippen LogP contribution in [0.1, 0.15) is 25.0 Å². The lowest BCUT2D eigenvalue weighted by atomic mass is 9.84. The molecule has 2 rings (SSSR count). The maximum atomic E-state index is 12.2. The third-order valence-electron chi connectivity index (χ3n) is 3.90. The van der Waals surface area contributed by atoms with E-state index < -0.39 is 6.04 Å². The van der Waals surface area contributed by atoms with Crippen molar-refractivity contribution in [3.8, 4) is 0 Å². The van der Waals surface area contributed by atoms with Crippen molar-refractivity contribution in [3.05, 3.63) is 71.8 Å². The van der Waals surface area contributed by atoms with Crippen molar-refractivity contribution in [1.82, 2.24) is 5.32 Å². The largest absolute Gasteiger partial charge is 0.354 e. The van der Waals surface area contributed by atoms with E-state index in [4.69, 9.17) is 5.73 Å². The van der Waals surface area contributed by atoms with Crippen LogP contribution in [0.3, 0.4) is 0 Å². The molecule has 0 unspecified atom stereocenters. The van der Waals surface area contributed by atoms with E-state index in [1.807, 2.05) is 48.5 Å². The fraction of sp³-hybridized carbons (Fsp3) is 0.316. The number of nitrogens with one attached hydrogen (secondary N) is 1. The molecule has 0 aliphatic rings. The Morgan fingerprint density at radius 2 is 1.57 bits per heavy atom. The van der Waals surface area contributed by atoms with Gasteiger partial charge in [-0.1, -0.05) is 74.5 Å². The molecule has 0 saturated heterocycles. The smallest absolute Gasteiger partial charge is 0.237 e. The van der Waals surface area contributed by atoms with E-state index in [1.165, 1.54) is 5.56 Å². The third kappa shape index (κ3) is 5.70. The van der Waals surface area contributed by atoms with Crippen molar-refractivity contribution in [1.29, 1.82) is 0 Å². The Morgan fingerprint density at radius 1 is 1.04 bits per heavy atom. The number of hydrogen-bond acceptors (Lipinski definition) is 2. The SMILES string of the molecule is CC(C)(CNC(=O)[C@@H](N)Cc1ccccc1)c1ccccc1.Cl. The second-order valence-corrected chi connectivity index (χ2v) is 6.26. The van der Waals surface area contributed by atoms with E-state index in [0.29, 0.717) is 13.0 Å². The van der Waals surface area contributed by atoms with E-state index in [1.54, 1.807) is 0 Å². The van der Waals surface area contributed by atoms with Gasteiger partial charge in [-0.05, 0) is 17.5 Å². The van der Waals surface area contributed by atoms with Crippen LogP contribution in [-0.2, 0) is 16.6 Å². The number of halogens is 1. The molecule has 0 radical (unpaired) electrons. The first-order valence-corrected chi connectivity index (χ1v) is 7.62. The summed E-state index contributed by atoms with van der Waals surface area (Å²) in [4.78, 5) is 12.2. The molecule has 0 heterocycles. The number of amides is 1. The quantitative estimate of drug-likeness (QED) is 0.854. The number of rotatable bonds is 6. The van der Waals surface area contributed by atoms with Gasteiger partial charge in [0.2, 0.25) is 5.91 Å². The van der Waals surface area contributed by atoms with Crippen LogP contribution in [-0.4, -0.2) is 18.5 Å². The zero-order chi connectivity index (χ0) is 16.0. The minimum Gasteiger partial charge on any atom is -0.354 e. The summed E-state index contributed by atoms with van der Waals surface area (Å²) >= 11 is 0. The summed E-state index contributed by atoms with van der Waals surface area (Å²) in [5, 5.41) is 2.98. The Kier molecular flexibility index (Phi) is 7.27. The molecule has 1 atom stereocenters. The van der Waals surface area contributed by atoms with Gasteiger partial charge in [-0.15, -0.1) is 12.4 Å². The maximum Gasteiger partial charge on any atom is 0.237 e. The molecule has 124 valence electrons. The number of hydrogen-bond donors (Lipinski definition) is 2. The van der Waals surface area contributed by atoms with Crippen LogP contribution in [0.5, 0.6) is 0 Å². The lowest BCUT2D eigenvalue weighted by molar-refractivity contribution is -0.122. The molecule has 4 heteroatoms. The molecule has 2 aromatic carbocycles. The summed E-state index contributed by atoms with van der Waals surface area (Å²) in [6, 6.07) is 19.5. The second-order valence-electron chi connectivity index (χ2n) is 6.26. The number of benzene rings is 2. The van der Waals surface area contributed by atoms with E-state index in [9.17, 15) is 4.79 Å². The van der Waals surface area contributed by atoms with Gasteiger partial charge in [0.15, 0.2) is 0 Å². The first kappa shape index (κ1) is 19.2. The number of nitrogens with two attached hydrogens (primary N) is 1. The Hall–Kier alpha value is -1.84. The summed E-state index contributed by atoms with van der Waals surface area (Å²) in [6.45, 7) is 4.80. The molecule has 0 aliphatic heterocycles. The molecular weight excluding hydrogens is 308 g/mol. The van der Waals surface area contributed by atoms with Crippen LogP contribution in [0.4, 0.5) is 0 Å². The van der Waals surface area contributed by atoms with Gasteiger partial charge in [0.1, 0.15) is 0 Å². The van der Waals surface area contributed by atoms with Gasteiger partial charge in [-0.3, -0.25) is 4.79 Å². The van der Waals surface area contributed by atoms with E-state index >= 15 is 0 Å². The lowest BCUT2D eigenvalue weighted by Gasteiger charge is -2.26. The standard InChI is InChI=1S/C19H24N2O.ClH/c1-19(2,16-11-7-4-8-12-16)14-21-18(22)17(20)13-15-9-5-3-6-10-15;/h3-12,17H,13-14,20H2,1-2H3,(H,21,22);1H/t17-;/m0./s1. The van der Waals surface area contributed by atoms with Crippen molar-refractivity contribution < 1.29 is 4.79 Å². The fourth-order valence-electron chi connectivity index (χ4n) is 2.39. The average molecular weight is 333 g/mol.